The third-order valence-corrected chi connectivity index (χ3v) is 8.13. The molecule has 0 aliphatic carbocycles. The molecule has 5 nitrogen and oxygen atoms in total. The fraction of sp³-hybridized carbons (Fsp3) is 0.944. The average molecular weight is 582 g/mol. The predicted octanol–water partition coefficient (Wildman–Crippen LogP) is 10.6. The normalized spacial score (nSPS) is 12.8. The number of unbranched alkanes of at least 4 members (excludes halogenated alkanes) is 16. The van der Waals surface area contributed by atoms with E-state index in [-0.39, 0.29) is 24.1 Å². The molecule has 0 saturated carbocycles. The van der Waals surface area contributed by atoms with Gasteiger partial charge in [-0.2, -0.15) is 0 Å². The van der Waals surface area contributed by atoms with Gasteiger partial charge < -0.3 is 14.8 Å². The van der Waals surface area contributed by atoms with Gasteiger partial charge in [0.05, 0.1) is 12.8 Å². The van der Waals surface area contributed by atoms with Crippen LogP contribution in [0.4, 0.5) is 0 Å². The summed E-state index contributed by atoms with van der Waals surface area (Å²) >= 11 is 0. The summed E-state index contributed by atoms with van der Waals surface area (Å²) in [6.07, 6.45) is 29.6. The van der Waals surface area contributed by atoms with Crippen molar-refractivity contribution in [3.05, 3.63) is 0 Å². The largest absolute Gasteiger partial charge is 0.462 e. The lowest BCUT2D eigenvalue weighted by molar-refractivity contribution is -0.150. The van der Waals surface area contributed by atoms with Crippen molar-refractivity contribution in [2.75, 3.05) is 13.1 Å². The maximum atomic E-state index is 12.5. The van der Waals surface area contributed by atoms with Gasteiger partial charge in [-0.25, -0.2) is 0 Å². The molecule has 0 bridgehead atoms. The van der Waals surface area contributed by atoms with E-state index in [4.69, 9.17) is 9.47 Å². The van der Waals surface area contributed by atoms with Crippen molar-refractivity contribution in [2.24, 2.45) is 0 Å². The van der Waals surface area contributed by atoms with Crippen LogP contribution < -0.4 is 5.32 Å². The first kappa shape index (κ1) is 39.9. The van der Waals surface area contributed by atoms with Gasteiger partial charge >= 0.3 is 11.9 Å². The summed E-state index contributed by atoms with van der Waals surface area (Å²) in [6.45, 7) is 10.0. The number of carbonyl (C=O) groups excluding carboxylic acids is 2. The zero-order valence-corrected chi connectivity index (χ0v) is 28.1. The van der Waals surface area contributed by atoms with E-state index in [2.05, 4.69) is 33.0 Å². The van der Waals surface area contributed by atoms with E-state index in [1.807, 2.05) is 0 Å². The van der Waals surface area contributed by atoms with E-state index in [0.29, 0.717) is 25.9 Å². The summed E-state index contributed by atoms with van der Waals surface area (Å²) in [4.78, 5) is 25.1. The summed E-state index contributed by atoms with van der Waals surface area (Å²) in [5.41, 5.74) is 0. The molecule has 0 aliphatic rings. The van der Waals surface area contributed by atoms with Crippen LogP contribution in [0.15, 0.2) is 0 Å². The lowest BCUT2D eigenvalue weighted by atomic mass is 10.0. The smallest absolute Gasteiger partial charge is 0.307 e. The van der Waals surface area contributed by atoms with E-state index in [1.54, 1.807) is 0 Å². The number of rotatable bonds is 32. The zero-order chi connectivity index (χ0) is 30.2. The Labute approximate surface area is 256 Å². The SMILES string of the molecule is CCCCCCCCC(CCCCCC)OC(=O)CCNCCC(=O)OC(CCCCCC)CCCCCCCC. The molecule has 5 heteroatoms. The molecule has 0 aromatic rings. The Morgan fingerprint density at radius 2 is 0.707 bits per heavy atom. The molecule has 41 heavy (non-hydrogen) atoms. The monoisotopic (exact) mass is 582 g/mol. The van der Waals surface area contributed by atoms with Crippen molar-refractivity contribution < 1.29 is 19.1 Å². The predicted molar refractivity (Wildman–Crippen MR) is 175 cm³/mol. The summed E-state index contributed by atoms with van der Waals surface area (Å²) in [7, 11) is 0. The molecule has 0 aromatic carbocycles. The Morgan fingerprint density at radius 3 is 1.02 bits per heavy atom. The summed E-state index contributed by atoms with van der Waals surface area (Å²) < 4.78 is 11.8. The first-order valence-electron chi connectivity index (χ1n) is 18.2. The van der Waals surface area contributed by atoms with Crippen LogP contribution in [-0.2, 0) is 19.1 Å². The van der Waals surface area contributed by atoms with Crippen LogP contribution in [0, 0.1) is 0 Å². The number of ether oxygens (including phenoxy) is 2. The fourth-order valence-corrected chi connectivity index (χ4v) is 5.42. The van der Waals surface area contributed by atoms with Crippen LogP contribution in [0.2, 0.25) is 0 Å². The van der Waals surface area contributed by atoms with Crippen LogP contribution in [0.1, 0.15) is 195 Å². The van der Waals surface area contributed by atoms with Crippen molar-refractivity contribution in [1.82, 2.24) is 5.32 Å². The Kier molecular flexibility index (Phi) is 31.0. The van der Waals surface area contributed by atoms with Gasteiger partial charge in [0.1, 0.15) is 12.2 Å². The van der Waals surface area contributed by atoms with Gasteiger partial charge in [0, 0.05) is 13.1 Å². The van der Waals surface area contributed by atoms with Gasteiger partial charge in [-0.15, -0.1) is 0 Å². The van der Waals surface area contributed by atoms with Gasteiger partial charge in [-0.3, -0.25) is 9.59 Å². The topological polar surface area (TPSA) is 64.6 Å². The Morgan fingerprint density at radius 1 is 0.439 bits per heavy atom. The van der Waals surface area contributed by atoms with Crippen molar-refractivity contribution in [2.45, 2.75) is 207 Å². The highest BCUT2D eigenvalue weighted by atomic mass is 16.5. The molecular formula is C36H71NO4. The van der Waals surface area contributed by atoms with Gasteiger partial charge in [-0.1, -0.05) is 130 Å². The second kappa shape index (κ2) is 31.8. The minimum atomic E-state index is -0.113. The maximum Gasteiger partial charge on any atom is 0.307 e. The molecule has 0 saturated heterocycles. The third kappa shape index (κ3) is 28.8. The first-order valence-corrected chi connectivity index (χ1v) is 18.2. The minimum Gasteiger partial charge on any atom is -0.462 e. The Balaban J connectivity index is 4.27. The van der Waals surface area contributed by atoms with E-state index in [9.17, 15) is 9.59 Å². The first-order chi connectivity index (χ1) is 20.1. The molecule has 0 aliphatic heterocycles. The van der Waals surface area contributed by atoms with Gasteiger partial charge in [0.15, 0.2) is 0 Å². The zero-order valence-electron chi connectivity index (χ0n) is 28.1. The number of carbonyl (C=O) groups is 2. The lowest BCUT2D eigenvalue weighted by Crippen LogP contribution is -2.26. The van der Waals surface area contributed by atoms with Gasteiger partial charge in [0.2, 0.25) is 0 Å². The summed E-state index contributed by atoms with van der Waals surface area (Å²) in [5, 5.41) is 3.26. The molecule has 0 heterocycles. The van der Waals surface area contributed by atoms with Crippen molar-refractivity contribution >= 4 is 11.9 Å². The lowest BCUT2D eigenvalue weighted by Gasteiger charge is -2.19. The van der Waals surface area contributed by atoms with Crippen LogP contribution in [0.25, 0.3) is 0 Å². The maximum absolute atomic E-state index is 12.5. The van der Waals surface area contributed by atoms with E-state index in [0.717, 1.165) is 51.4 Å². The standard InChI is InChI=1S/C36H71NO4/c1-5-9-13-17-19-23-27-33(25-21-15-11-7-3)40-35(38)29-31-37-32-30-36(39)41-34(26-22-16-12-8-4)28-24-20-18-14-10-6-2/h33-34,37H,5-32H2,1-4H3. The third-order valence-electron chi connectivity index (χ3n) is 8.13. The second-order valence-corrected chi connectivity index (χ2v) is 12.3. The molecule has 0 rings (SSSR count). The van der Waals surface area contributed by atoms with Crippen molar-refractivity contribution in [3.63, 3.8) is 0 Å². The van der Waals surface area contributed by atoms with Gasteiger partial charge in [-0.05, 0) is 51.4 Å². The number of hydrogen-bond donors (Lipinski definition) is 1. The van der Waals surface area contributed by atoms with Crippen molar-refractivity contribution in [1.29, 1.82) is 0 Å². The molecule has 0 amide bonds. The van der Waals surface area contributed by atoms with Crippen LogP contribution in [-0.4, -0.2) is 37.2 Å². The van der Waals surface area contributed by atoms with Gasteiger partial charge in [0.25, 0.3) is 0 Å². The summed E-state index contributed by atoms with van der Waals surface area (Å²) in [6, 6.07) is 0. The molecule has 0 aromatic heterocycles. The minimum absolute atomic E-state index is 0.0569. The molecule has 2 unspecified atom stereocenters. The fourth-order valence-electron chi connectivity index (χ4n) is 5.42. The molecule has 0 spiro atoms. The molecule has 1 N–H and O–H groups in total. The van der Waals surface area contributed by atoms with E-state index >= 15 is 0 Å². The number of nitrogens with one attached hydrogen (secondary N) is 1. The molecule has 0 fully saturated rings. The molecule has 244 valence electrons. The van der Waals surface area contributed by atoms with Crippen LogP contribution >= 0.6 is 0 Å². The highest BCUT2D eigenvalue weighted by molar-refractivity contribution is 5.70. The second-order valence-electron chi connectivity index (χ2n) is 12.3. The summed E-state index contributed by atoms with van der Waals surface area (Å²) in [5.74, 6) is -0.227. The number of esters is 2. The number of hydrogen-bond acceptors (Lipinski definition) is 5. The highest BCUT2D eigenvalue weighted by Gasteiger charge is 2.16. The molecule has 2 atom stereocenters. The van der Waals surface area contributed by atoms with Crippen molar-refractivity contribution in [3.8, 4) is 0 Å². The van der Waals surface area contributed by atoms with E-state index < -0.39 is 0 Å². The Hall–Kier alpha value is -1.10. The highest BCUT2D eigenvalue weighted by Crippen LogP contribution is 2.18. The van der Waals surface area contributed by atoms with Crippen LogP contribution in [0.3, 0.4) is 0 Å². The van der Waals surface area contributed by atoms with E-state index in [1.165, 1.54) is 103 Å². The average Bonchev–Trinajstić information content (AvgIpc) is 2.96. The molecule has 0 radical (unpaired) electrons. The Bertz CT molecular complexity index is 520. The van der Waals surface area contributed by atoms with Crippen LogP contribution in [0.5, 0.6) is 0 Å². The molecular weight excluding hydrogens is 510 g/mol. The quantitative estimate of drug-likeness (QED) is 0.0632.